The van der Waals surface area contributed by atoms with Gasteiger partial charge in [0.25, 0.3) is 5.65 Å². The van der Waals surface area contributed by atoms with E-state index < -0.39 is 11.7 Å². The number of ether oxygens (including phenoxy) is 1. The molecule has 6 aromatic rings. The average molecular weight is 591 g/mol. The molecular weight excluding hydrogens is 557 g/mol. The third-order valence-corrected chi connectivity index (χ3v) is 8.07. The summed E-state index contributed by atoms with van der Waals surface area (Å²) < 4.78 is 25.5. The van der Waals surface area contributed by atoms with Crippen LogP contribution in [0.5, 0.6) is 0 Å². The molecule has 7 rings (SSSR count). The molecule has 2 aromatic carbocycles. The Hall–Kier alpha value is -5.12. The first-order valence-electron chi connectivity index (χ1n) is 14.7. The first-order chi connectivity index (χ1) is 21.1. The van der Waals surface area contributed by atoms with Crippen LogP contribution < -0.4 is 9.72 Å². The van der Waals surface area contributed by atoms with Gasteiger partial charge in [0.2, 0.25) is 0 Å². The van der Waals surface area contributed by atoms with Crippen LogP contribution in [0.3, 0.4) is 0 Å². The number of hydrogen-bond donors (Lipinski definition) is 1. The SMILES string of the molecule is Cn1cnc(-c2nn(-c3ccc(C4(OC(=O)NC(C)(C)C)CCC4)cc3)c3c4cc(-c5ccc(F)cc5)cnc4cc[n+]23)c1. The third kappa shape index (κ3) is 4.96. The molecule has 1 fully saturated rings. The van der Waals surface area contributed by atoms with Crippen molar-refractivity contribution >= 4 is 22.6 Å². The normalized spacial score (nSPS) is 14.5. The highest BCUT2D eigenvalue weighted by Crippen LogP contribution is 2.45. The van der Waals surface area contributed by atoms with Crippen LogP contribution in [-0.4, -0.2) is 35.9 Å². The highest BCUT2D eigenvalue weighted by molar-refractivity contribution is 5.93. The van der Waals surface area contributed by atoms with E-state index in [1.807, 2.05) is 84.2 Å². The van der Waals surface area contributed by atoms with Crippen LogP contribution in [0.4, 0.5) is 9.18 Å². The van der Waals surface area contributed by atoms with E-state index in [0.29, 0.717) is 5.82 Å². The summed E-state index contributed by atoms with van der Waals surface area (Å²) in [5.41, 5.74) is 4.83. The number of carbonyl (C=O) groups excluding carboxylic acids is 1. The molecule has 4 heterocycles. The predicted octanol–water partition coefficient (Wildman–Crippen LogP) is 6.27. The topological polar surface area (TPSA) is 91.0 Å². The molecule has 222 valence electrons. The Kier molecular flexibility index (Phi) is 6.46. The molecule has 0 spiro atoms. The van der Waals surface area contributed by atoms with E-state index in [9.17, 15) is 9.18 Å². The summed E-state index contributed by atoms with van der Waals surface area (Å²) in [7, 11) is 1.92. The van der Waals surface area contributed by atoms with Crippen LogP contribution in [0.1, 0.15) is 45.6 Å². The number of hydrogen-bond acceptors (Lipinski definition) is 5. The Bertz CT molecular complexity index is 2020. The van der Waals surface area contributed by atoms with E-state index in [4.69, 9.17) is 14.8 Å². The number of pyridine rings is 2. The van der Waals surface area contributed by atoms with E-state index in [-0.39, 0.29) is 11.4 Å². The van der Waals surface area contributed by atoms with Gasteiger partial charge in [-0.25, -0.2) is 14.2 Å². The van der Waals surface area contributed by atoms with Crippen LogP contribution >= 0.6 is 0 Å². The minimum absolute atomic E-state index is 0.286. The minimum Gasteiger partial charge on any atom is -0.438 e. The molecule has 10 heteroatoms. The van der Waals surface area contributed by atoms with Gasteiger partial charge < -0.3 is 14.6 Å². The van der Waals surface area contributed by atoms with Gasteiger partial charge >= 0.3 is 11.9 Å². The van der Waals surface area contributed by atoms with Crippen LogP contribution in [0.2, 0.25) is 0 Å². The first kappa shape index (κ1) is 27.7. The first-order valence-corrected chi connectivity index (χ1v) is 14.7. The Morgan fingerprint density at radius 2 is 1.77 bits per heavy atom. The van der Waals surface area contributed by atoms with Gasteiger partial charge in [-0.15, -0.1) is 0 Å². The van der Waals surface area contributed by atoms with Crippen molar-refractivity contribution in [1.82, 2.24) is 29.6 Å². The fourth-order valence-electron chi connectivity index (χ4n) is 5.76. The lowest BCUT2D eigenvalue weighted by Crippen LogP contribution is -2.47. The number of benzene rings is 2. The number of aryl methyl sites for hydroxylation is 1. The number of carbonyl (C=O) groups is 1. The van der Waals surface area contributed by atoms with Crippen LogP contribution in [0.25, 0.3) is 44.9 Å². The molecule has 1 saturated carbocycles. The second-order valence-electron chi connectivity index (χ2n) is 12.5. The molecule has 4 aromatic heterocycles. The Labute approximate surface area is 254 Å². The van der Waals surface area contributed by atoms with Crippen LogP contribution in [0, 0.1) is 5.82 Å². The summed E-state index contributed by atoms with van der Waals surface area (Å²) >= 11 is 0. The standard InChI is InChI=1S/C34H32FN7O2/c1-33(2,3)38-32(43)44-34(15-5-16-34)24-8-12-26(13-9-24)42-31-27-18-23(22-6-10-25(35)11-7-22)19-36-28(27)14-17-41(31)30(39-42)29-20-40(4)21-37-29/h6-14,17-21H,5,15-16H2,1-4H3/p+1. The van der Waals surface area contributed by atoms with Gasteiger partial charge in [-0.3, -0.25) is 4.98 Å². The molecule has 0 saturated heterocycles. The zero-order valence-electron chi connectivity index (χ0n) is 25.1. The average Bonchev–Trinajstić information content (AvgIpc) is 3.58. The van der Waals surface area contributed by atoms with Crippen molar-refractivity contribution < 1.29 is 18.3 Å². The molecule has 1 aliphatic rings. The predicted molar refractivity (Wildman–Crippen MR) is 165 cm³/mol. The summed E-state index contributed by atoms with van der Waals surface area (Å²) in [6.07, 6.45) is 9.57. The van der Waals surface area contributed by atoms with Crippen molar-refractivity contribution in [3.63, 3.8) is 0 Å². The molecule has 44 heavy (non-hydrogen) atoms. The molecule has 0 atom stereocenters. The lowest BCUT2D eigenvalue weighted by Gasteiger charge is -2.42. The smallest absolute Gasteiger partial charge is 0.408 e. The third-order valence-electron chi connectivity index (χ3n) is 8.07. The molecular formula is C34H33FN7O2+. The van der Waals surface area contributed by atoms with Gasteiger partial charge in [-0.2, -0.15) is 4.40 Å². The van der Waals surface area contributed by atoms with Crippen LogP contribution in [0.15, 0.2) is 85.6 Å². The fourth-order valence-corrected chi connectivity index (χ4v) is 5.76. The van der Waals surface area contributed by atoms with E-state index >= 15 is 0 Å². The van der Waals surface area contributed by atoms with E-state index in [2.05, 4.69) is 16.4 Å². The number of rotatable bonds is 5. The number of fused-ring (bicyclic) bond motifs is 3. The largest absolute Gasteiger partial charge is 0.438 e. The summed E-state index contributed by atoms with van der Waals surface area (Å²) in [5, 5.41) is 8.85. The van der Waals surface area contributed by atoms with Crippen molar-refractivity contribution in [2.24, 2.45) is 7.05 Å². The van der Waals surface area contributed by atoms with E-state index in [1.54, 1.807) is 24.7 Å². The Morgan fingerprint density at radius 3 is 2.41 bits per heavy atom. The fraction of sp³-hybridized carbons (Fsp3) is 0.265. The second-order valence-corrected chi connectivity index (χ2v) is 12.5. The number of alkyl carbamates (subject to hydrolysis) is 1. The monoisotopic (exact) mass is 590 g/mol. The van der Waals surface area contributed by atoms with Crippen molar-refractivity contribution in [3.05, 3.63) is 97.0 Å². The number of imidazole rings is 1. The second kappa shape index (κ2) is 10.3. The highest BCUT2D eigenvalue weighted by Gasteiger charge is 2.43. The lowest BCUT2D eigenvalue weighted by molar-refractivity contribution is -0.498. The Balaban J connectivity index is 1.35. The minimum atomic E-state index is -0.644. The maximum atomic E-state index is 13.7. The summed E-state index contributed by atoms with van der Waals surface area (Å²) in [6, 6.07) is 18.5. The van der Waals surface area contributed by atoms with E-state index in [0.717, 1.165) is 63.9 Å². The van der Waals surface area contributed by atoms with Gasteiger partial charge in [0, 0.05) is 30.5 Å². The Morgan fingerprint density at radius 1 is 1.02 bits per heavy atom. The summed E-state index contributed by atoms with van der Waals surface area (Å²) in [5.74, 6) is 0.391. The van der Waals surface area contributed by atoms with E-state index in [1.165, 1.54) is 12.1 Å². The molecule has 9 nitrogen and oxygen atoms in total. The maximum Gasteiger partial charge on any atom is 0.408 e. The van der Waals surface area contributed by atoms with Gasteiger partial charge in [0.05, 0.1) is 28.5 Å². The van der Waals surface area contributed by atoms with Crippen LogP contribution in [-0.2, 0) is 17.4 Å². The zero-order valence-corrected chi connectivity index (χ0v) is 25.1. The summed E-state index contributed by atoms with van der Waals surface area (Å²) in [6.45, 7) is 5.80. The van der Waals surface area contributed by atoms with Gasteiger partial charge in [-0.1, -0.05) is 28.9 Å². The molecule has 1 N–H and O–H groups in total. The molecule has 0 radical (unpaired) electrons. The van der Waals surface area contributed by atoms with Crippen molar-refractivity contribution in [3.8, 4) is 28.3 Å². The molecule has 1 amide bonds. The molecule has 0 unspecified atom stereocenters. The molecule has 1 aliphatic carbocycles. The number of nitrogens with one attached hydrogen (secondary N) is 1. The maximum absolute atomic E-state index is 13.7. The molecule has 0 bridgehead atoms. The number of aromatic nitrogens is 6. The molecule has 0 aliphatic heterocycles. The highest BCUT2D eigenvalue weighted by atomic mass is 19.1. The lowest BCUT2D eigenvalue weighted by atomic mass is 9.75. The number of nitrogens with zero attached hydrogens (tertiary/aromatic N) is 6. The van der Waals surface area contributed by atoms with Gasteiger partial charge in [0.1, 0.15) is 17.1 Å². The zero-order chi connectivity index (χ0) is 30.6. The number of amides is 1. The van der Waals surface area contributed by atoms with Crippen molar-refractivity contribution in [2.75, 3.05) is 0 Å². The van der Waals surface area contributed by atoms with Crippen molar-refractivity contribution in [2.45, 2.75) is 51.2 Å². The summed E-state index contributed by atoms with van der Waals surface area (Å²) in [4.78, 5) is 22.0. The number of halogens is 1. The van der Waals surface area contributed by atoms with Gasteiger partial charge in [0.15, 0.2) is 5.69 Å². The van der Waals surface area contributed by atoms with Crippen molar-refractivity contribution in [1.29, 1.82) is 0 Å². The van der Waals surface area contributed by atoms with Gasteiger partial charge in [-0.05, 0) is 87.6 Å². The quantitative estimate of drug-likeness (QED) is 0.239.